The molecule has 0 heterocycles. The van der Waals surface area contributed by atoms with Crippen molar-refractivity contribution in [2.75, 3.05) is 41.0 Å². The molecule has 0 aromatic heterocycles. The average Bonchev–Trinajstić information content (AvgIpc) is 3.27. The maximum atomic E-state index is 12.8. The molecule has 2 atom stereocenters. The molecule has 0 amide bonds. The second kappa shape index (κ2) is 46.5. The molecule has 8 heteroatoms. The Morgan fingerprint density at radius 3 is 1.34 bits per heavy atom. The van der Waals surface area contributed by atoms with E-state index < -0.39 is 24.1 Å². The monoisotopic (exact) mass is 905 g/mol. The Labute approximate surface area is 398 Å². The van der Waals surface area contributed by atoms with Crippen LogP contribution < -0.4 is 0 Å². The summed E-state index contributed by atoms with van der Waals surface area (Å²) in [6.07, 6.45) is 64.4. The van der Waals surface area contributed by atoms with E-state index >= 15 is 0 Å². The zero-order valence-electron chi connectivity index (χ0n) is 41.9. The molecule has 0 aliphatic carbocycles. The van der Waals surface area contributed by atoms with Gasteiger partial charge in [0.1, 0.15) is 6.61 Å². The highest BCUT2D eigenvalue weighted by Crippen LogP contribution is 2.13. The van der Waals surface area contributed by atoms with Crippen molar-refractivity contribution < 1.29 is 38.2 Å². The van der Waals surface area contributed by atoms with Crippen molar-refractivity contribution in [1.82, 2.24) is 0 Å². The summed E-state index contributed by atoms with van der Waals surface area (Å²) >= 11 is 0. The van der Waals surface area contributed by atoms with Gasteiger partial charge in [0.2, 0.25) is 0 Å². The minimum atomic E-state index is -0.891. The first-order valence-electron chi connectivity index (χ1n) is 25.4. The number of carboxylic acids is 1. The molecule has 0 spiro atoms. The van der Waals surface area contributed by atoms with E-state index in [1.807, 2.05) is 33.3 Å². The van der Waals surface area contributed by atoms with Gasteiger partial charge in [-0.25, -0.2) is 4.79 Å². The van der Waals surface area contributed by atoms with Crippen LogP contribution in [0.2, 0.25) is 0 Å². The van der Waals surface area contributed by atoms with Crippen molar-refractivity contribution in [2.45, 2.75) is 193 Å². The third kappa shape index (κ3) is 45.0. The number of rotatable bonds is 44. The number of allylic oxidation sites excluding steroid dienone is 18. The van der Waals surface area contributed by atoms with Crippen LogP contribution in [0.5, 0.6) is 0 Å². The maximum absolute atomic E-state index is 12.8. The van der Waals surface area contributed by atoms with Crippen molar-refractivity contribution in [2.24, 2.45) is 0 Å². The van der Waals surface area contributed by atoms with Gasteiger partial charge >= 0.3 is 17.9 Å². The van der Waals surface area contributed by atoms with Gasteiger partial charge in [0.15, 0.2) is 12.1 Å². The van der Waals surface area contributed by atoms with Crippen LogP contribution in [0, 0.1) is 0 Å². The predicted molar refractivity (Wildman–Crippen MR) is 275 cm³/mol. The van der Waals surface area contributed by atoms with Gasteiger partial charge in [0, 0.05) is 19.3 Å². The fraction of sp³-hybridized carbons (Fsp3) is 0.632. The van der Waals surface area contributed by atoms with E-state index in [4.69, 9.17) is 14.2 Å². The minimum Gasteiger partial charge on any atom is -0.477 e. The Morgan fingerprint density at radius 1 is 0.477 bits per heavy atom. The molecule has 65 heavy (non-hydrogen) atoms. The second-order valence-corrected chi connectivity index (χ2v) is 17.7. The highest BCUT2D eigenvalue weighted by molar-refractivity contribution is 5.72. The van der Waals surface area contributed by atoms with Gasteiger partial charge in [0.25, 0.3) is 0 Å². The lowest BCUT2D eigenvalue weighted by molar-refractivity contribution is -0.887. The molecule has 0 aliphatic rings. The van der Waals surface area contributed by atoms with Crippen molar-refractivity contribution in [3.05, 3.63) is 109 Å². The van der Waals surface area contributed by atoms with Crippen molar-refractivity contribution in [3.63, 3.8) is 0 Å². The van der Waals surface area contributed by atoms with E-state index in [0.717, 1.165) is 77.0 Å². The number of hydrogen-bond donors (Lipinski definition) is 1. The molecule has 2 unspecified atom stereocenters. The fourth-order valence-electron chi connectivity index (χ4n) is 6.77. The standard InChI is InChI=1S/C57H93NO7/c1-6-8-10-12-14-16-18-20-22-24-26-27-28-30-31-33-35-37-39-41-43-45-47-55(59)64-52-53(51-63-50-49-54(57(61)62)58(3,4)5)65-56(60)48-46-44-42-40-38-36-34-32-29-25-23-21-19-17-15-13-11-9-7-2/h9,11,14-17,20-23,26-27,29,32,36,38,42,44,53-54H,6-8,10,12-13,18-19,24-25,28,30-31,33-35,37,39-41,43,45-52H2,1-5H3/p+1/b11-9+,16-14+,17-15+,22-20+,23-21+,27-26+,32-29+,38-36+,44-42+. The van der Waals surface area contributed by atoms with Gasteiger partial charge in [-0.1, -0.05) is 181 Å². The summed E-state index contributed by atoms with van der Waals surface area (Å²) in [6.45, 7) is 4.50. The molecule has 1 N–H and O–H groups in total. The zero-order valence-corrected chi connectivity index (χ0v) is 41.9. The number of quaternary nitrogens is 1. The highest BCUT2D eigenvalue weighted by atomic mass is 16.6. The van der Waals surface area contributed by atoms with E-state index in [1.165, 1.54) is 64.2 Å². The van der Waals surface area contributed by atoms with Crippen molar-refractivity contribution in [3.8, 4) is 0 Å². The number of ether oxygens (including phenoxy) is 3. The first kappa shape index (κ1) is 61.0. The molecule has 0 aliphatic heterocycles. The van der Waals surface area contributed by atoms with E-state index in [0.29, 0.717) is 19.3 Å². The van der Waals surface area contributed by atoms with Gasteiger partial charge in [-0.05, 0) is 89.9 Å². The summed E-state index contributed by atoms with van der Waals surface area (Å²) in [5, 5.41) is 9.65. The second-order valence-electron chi connectivity index (χ2n) is 17.7. The zero-order chi connectivity index (χ0) is 47.7. The topological polar surface area (TPSA) is 99.1 Å². The number of carbonyl (C=O) groups excluding carboxylic acids is 2. The van der Waals surface area contributed by atoms with E-state index in [-0.39, 0.29) is 36.7 Å². The lowest BCUT2D eigenvalue weighted by Crippen LogP contribution is -2.50. The summed E-state index contributed by atoms with van der Waals surface area (Å²) in [7, 11) is 5.50. The van der Waals surface area contributed by atoms with Gasteiger partial charge in [-0.2, -0.15) is 0 Å². The van der Waals surface area contributed by atoms with E-state index in [2.05, 4.69) is 111 Å². The Bertz CT molecular complexity index is 1420. The summed E-state index contributed by atoms with van der Waals surface area (Å²) in [5.41, 5.74) is 0. The quantitative estimate of drug-likeness (QED) is 0.0281. The van der Waals surface area contributed by atoms with Crippen LogP contribution in [0.4, 0.5) is 0 Å². The lowest BCUT2D eigenvalue weighted by atomic mass is 10.1. The van der Waals surface area contributed by atoms with Gasteiger partial charge in [0.05, 0.1) is 34.4 Å². The molecule has 0 aromatic carbocycles. The first-order chi connectivity index (χ1) is 31.6. The number of unbranched alkanes of at least 4 members (excludes halogenated alkanes) is 12. The molecule has 368 valence electrons. The number of nitrogens with zero attached hydrogens (tertiary/aromatic N) is 1. The Hall–Kier alpha value is -4.01. The molecule has 0 rings (SSSR count). The third-order valence-electron chi connectivity index (χ3n) is 10.7. The minimum absolute atomic E-state index is 0.0221. The summed E-state index contributed by atoms with van der Waals surface area (Å²) < 4.78 is 17.2. The number of esters is 2. The van der Waals surface area contributed by atoms with Crippen LogP contribution in [0.1, 0.15) is 181 Å². The number of aliphatic carboxylic acids is 1. The third-order valence-corrected chi connectivity index (χ3v) is 10.7. The fourth-order valence-corrected chi connectivity index (χ4v) is 6.77. The molecule has 0 aromatic rings. The van der Waals surface area contributed by atoms with Crippen LogP contribution in [0.25, 0.3) is 0 Å². The van der Waals surface area contributed by atoms with Gasteiger partial charge < -0.3 is 23.8 Å². The summed E-state index contributed by atoms with van der Waals surface area (Å²) in [4.78, 5) is 37.1. The average molecular weight is 905 g/mol. The van der Waals surface area contributed by atoms with Gasteiger partial charge in [-0.15, -0.1) is 0 Å². The maximum Gasteiger partial charge on any atom is 0.362 e. The van der Waals surface area contributed by atoms with Crippen LogP contribution >= 0.6 is 0 Å². The molecule has 8 nitrogen and oxygen atoms in total. The highest BCUT2D eigenvalue weighted by Gasteiger charge is 2.31. The largest absolute Gasteiger partial charge is 0.477 e. The Kier molecular flexibility index (Phi) is 43.6. The molecular weight excluding hydrogens is 811 g/mol. The summed E-state index contributed by atoms with van der Waals surface area (Å²) in [6, 6.07) is -0.636. The van der Waals surface area contributed by atoms with Crippen LogP contribution in [-0.4, -0.2) is 80.6 Å². The van der Waals surface area contributed by atoms with Crippen LogP contribution in [0.15, 0.2) is 109 Å². The number of likely N-dealkylation sites (N-methyl/N-ethyl adjacent to an activating group) is 1. The van der Waals surface area contributed by atoms with Crippen LogP contribution in [-0.2, 0) is 28.6 Å². The van der Waals surface area contributed by atoms with E-state index in [1.54, 1.807) is 0 Å². The molecule has 0 bridgehead atoms. The molecule has 0 saturated heterocycles. The number of carboxylic acid groups (broad SMARTS) is 1. The SMILES string of the molecule is CC/C=C/C/C=C/C/C=C/C/C=C/C/C=C/C/C=C/CCC(=O)OC(COCCC(C(=O)O)[N+](C)(C)C)COC(=O)CCCCCCCCCCC/C=C/C/C=C/C/C=C/CCCCC. The molecule has 0 fully saturated rings. The van der Waals surface area contributed by atoms with E-state index in [9.17, 15) is 19.5 Å². The first-order valence-corrected chi connectivity index (χ1v) is 25.4. The number of carbonyl (C=O) groups is 3. The predicted octanol–water partition coefficient (Wildman–Crippen LogP) is 14.8. The molecule has 0 saturated carbocycles. The molecular formula is C57H94NO7+. The lowest BCUT2D eigenvalue weighted by Gasteiger charge is -2.31. The van der Waals surface area contributed by atoms with Gasteiger partial charge in [-0.3, -0.25) is 9.59 Å². The Morgan fingerprint density at radius 2 is 0.892 bits per heavy atom. The van der Waals surface area contributed by atoms with Crippen molar-refractivity contribution in [1.29, 1.82) is 0 Å². The van der Waals surface area contributed by atoms with Crippen LogP contribution in [0.3, 0.4) is 0 Å². The molecule has 0 radical (unpaired) electrons. The number of hydrogen-bond acceptors (Lipinski definition) is 6. The van der Waals surface area contributed by atoms with Crippen molar-refractivity contribution >= 4 is 17.9 Å². The summed E-state index contributed by atoms with van der Waals surface area (Å²) in [5.74, 6) is -1.59. The Balaban J connectivity index is 4.39. The smallest absolute Gasteiger partial charge is 0.362 e. The normalized spacial score (nSPS) is 13.8.